The molecule has 0 aliphatic carbocycles. The van der Waals surface area contributed by atoms with Crippen molar-refractivity contribution in [2.45, 2.75) is 18.8 Å². The minimum absolute atomic E-state index is 0.227. The molecule has 2 nitrogen and oxygen atoms in total. The Morgan fingerprint density at radius 1 is 1.26 bits per heavy atom. The lowest BCUT2D eigenvalue weighted by Crippen LogP contribution is -2.42. The predicted molar refractivity (Wildman–Crippen MR) is 72.4 cm³/mol. The fraction of sp³-hybridized carbons (Fsp3) is 0.538. The minimum atomic E-state index is -4.20. The highest BCUT2D eigenvalue weighted by Gasteiger charge is 2.31. The number of ether oxygens (including phenoxy) is 1. The normalized spacial score (nSPS) is 13.8. The van der Waals surface area contributed by atoms with E-state index in [1.54, 1.807) is 0 Å². The maximum atomic E-state index is 12.3. The maximum Gasteiger partial charge on any atom is 0.401 e. The molecule has 0 aliphatic rings. The van der Waals surface area contributed by atoms with Crippen LogP contribution in [0.4, 0.5) is 13.2 Å². The average Bonchev–Trinajstić information content (AvgIpc) is 2.33. The van der Waals surface area contributed by atoms with E-state index in [-0.39, 0.29) is 12.6 Å². The predicted octanol–water partition coefficient (Wildman–Crippen LogP) is 3.00. The molecule has 1 aromatic carbocycles. The lowest BCUT2D eigenvalue weighted by Gasteiger charge is -2.27. The van der Waals surface area contributed by atoms with E-state index in [9.17, 15) is 13.2 Å². The second-order valence-electron chi connectivity index (χ2n) is 4.37. The van der Waals surface area contributed by atoms with Crippen LogP contribution in [0.15, 0.2) is 30.3 Å². The zero-order valence-corrected chi connectivity index (χ0v) is 11.6. The van der Waals surface area contributed by atoms with Gasteiger partial charge in [-0.3, -0.25) is 4.90 Å². The van der Waals surface area contributed by atoms with Crippen LogP contribution in [0.25, 0.3) is 0 Å². The Hall–Kier alpha value is -0.720. The fourth-order valence-electron chi connectivity index (χ4n) is 1.62. The molecule has 0 saturated heterocycles. The van der Waals surface area contributed by atoms with Gasteiger partial charge in [-0.15, -0.1) is 0 Å². The average molecular weight is 293 g/mol. The van der Waals surface area contributed by atoms with Crippen LogP contribution in [0, 0.1) is 0 Å². The summed E-state index contributed by atoms with van der Waals surface area (Å²) in [6.45, 7) is -0.330. The van der Waals surface area contributed by atoms with Crippen molar-refractivity contribution < 1.29 is 17.9 Å². The Bertz CT molecular complexity index is 359. The number of benzene rings is 1. The van der Waals surface area contributed by atoms with Gasteiger partial charge in [0.2, 0.25) is 0 Å². The second kappa shape index (κ2) is 7.77. The fourth-order valence-corrected chi connectivity index (χ4v) is 2.00. The molecular weight excluding hydrogens is 275 g/mol. The number of hydrogen-bond acceptors (Lipinski definition) is 3. The molecule has 0 radical (unpaired) electrons. The summed E-state index contributed by atoms with van der Waals surface area (Å²) in [6.07, 6.45) is -4.20. The Kier molecular flexibility index (Phi) is 6.68. The van der Waals surface area contributed by atoms with Crippen LogP contribution in [0.5, 0.6) is 0 Å². The molecule has 6 heteroatoms. The van der Waals surface area contributed by atoms with Crippen molar-refractivity contribution in [1.29, 1.82) is 0 Å². The molecule has 1 aromatic rings. The van der Waals surface area contributed by atoms with Gasteiger partial charge in [0.25, 0.3) is 0 Å². The van der Waals surface area contributed by atoms with E-state index >= 15 is 0 Å². The highest BCUT2D eigenvalue weighted by Crippen LogP contribution is 2.17. The number of likely N-dealkylation sites (N-methyl/N-ethyl adjacent to an activating group) is 1. The third-order valence-corrected chi connectivity index (χ3v) is 3.11. The first-order valence-electron chi connectivity index (χ1n) is 5.92. The van der Waals surface area contributed by atoms with E-state index in [1.165, 1.54) is 11.9 Å². The molecule has 19 heavy (non-hydrogen) atoms. The van der Waals surface area contributed by atoms with E-state index in [0.717, 1.165) is 5.56 Å². The second-order valence-corrected chi connectivity index (χ2v) is 4.73. The van der Waals surface area contributed by atoms with Crippen LogP contribution in [0.1, 0.15) is 5.56 Å². The van der Waals surface area contributed by atoms with Crippen molar-refractivity contribution >= 4 is 12.6 Å². The van der Waals surface area contributed by atoms with Crippen molar-refractivity contribution in [2.24, 2.45) is 0 Å². The maximum absolute atomic E-state index is 12.3. The van der Waals surface area contributed by atoms with Crippen LogP contribution in [0.3, 0.4) is 0 Å². The van der Waals surface area contributed by atoms with Gasteiger partial charge < -0.3 is 4.74 Å². The lowest BCUT2D eigenvalue weighted by atomic mass is 10.2. The van der Waals surface area contributed by atoms with Crippen molar-refractivity contribution in [3.05, 3.63) is 35.9 Å². The standard InChI is InChI=1S/C13H18F3NOS/c1-17(10-13(14,15)16)12(9-19)8-18-7-11-5-3-2-4-6-11/h2-6,12,19H,7-10H2,1H3. The summed E-state index contributed by atoms with van der Waals surface area (Å²) in [5.41, 5.74) is 0.999. The number of nitrogens with zero attached hydrogens (tertiary/aromatic N) is 1. The third kappa shape index (κ3) is 6.84. The Morgan fingerprint density at radius 3 is 2.42 bits per heavy atom. The molecule has 0 aliphatic heterocycles. The molecule has 1 atom stereocenters. The van der Waals surface area contributed by atoms with Crippen molar-refractivity contribution in [2.75, 3.05) is 26.0 Å². The number of thiol groups is 1. The molecule has 0 fully saturated rings. The first-order chi connectivity index (χ1) is 8.92. The first kappa shape index (κ1) is 16.3. The molecule has 0 spiro atoms. The topological polar surface area (TPSA) is 12.5 Å². The number of rotatable bonds is 7. The van der Waals surface area contributed by atoms with Crippen molar-refractivity contribution in [3.63, 3.8) is 0 Å². The van der Waals surface area contributed by atoms with E-state index in [1.807, 2.05) is 30.3 Å². The quantitative estimate of drug-likeness (QED) is 0.776. The molecule has 0 saturated carbocycles. The molecule has 0 amide bonds. The van der Waals surface area contributed by atoms with Gasteiger partial charge in [-0.2, -0.15) is 25.8 Å². The number of hydrogen-bond donors (Lipinski definition) is 1. The van der Waals surface area contributed by atoms with E-state index in [4.69, 9.17) is 4.74 Å². The summed E-state index contributed by atoms with van der Waals surface area (Å²) in [7, 11) is 1.43. The van der Waals surface area contributed by atoms with Crippen LogP contribution in [0.2, 0.25) is 0 Å². The van der Waals surface area contributed by atoms with Crippen LogP contribution >= 0.6 is 12.6 Å². The van der Waals surface area contributed by atoms with Gasteiger partial charge in [0.1, 0.15) is 0 Å². The van der Waals surface area contributed by atoms with Gasteiger partial charge in [0.15, 0.2) is 0 Å². The summed E-state index contributed by atoms with van der Waals surface area (Å²) in [5.74, 6) is 0.321. The van der Waals surface area contributed by atoms with Gasteiger partial charge in [-0.05, 0) is 12.6 Å². The summed E-state index contributed by atoms with van der Waals surface area (Å²) in [6, 6.07) is 9.16. The van der Waals surface area contributed by atoms with Gasteiger partial charge in [0, 0.05) is 11.8 Å². The van der Waals surface area contributed by atoms with Gasteiger partial charge >= 0.3 is 6.18 Å². The molecule has 1 unspecified atom stereocenters. The highest BCUT2D eigenvalue weighted by atomic mass is 32.1. The van der Waals surface area contributed by atoms with Crippen LogP contribution < -0.4 is 0 Å². The van der Waals surface area contributed by atoms with E-state index in [0.29, 0.717) is 12.4 Å². The molecule has 0 aromatic heterocycles. The van der Waals surface area contributed by atoms with Gasteiger partial charge in [-0.1, -0.05) is 30.3 Å². The molecule has 0 N–H and O–H groups in total. The smallest absolute Gasteiger partial charge is 0.375 e. The highest BCUT2D eigenvalue weighted by molar-refractivity contribution is 7.80. The SMILES string of the molecule is CN(CC(F)(F)F)C(CS)COCc1ccccc1. The Morgan fingerprint density at radius 2 is 1.89 bits per heavy atom. The van der Waals surface area contributed by atoms with Crippen LogP contribution in [-0.2, 0) is 11.3 Å². The summed E-state index contributed by atoms with van der Waals surface area (Å²) in [4.78, 5) is 1.22. The minimum Gasteiger partial charge on any atom is -0.375 e. The van der Waals surface area contributed by atoms with Crippen LogP contribution in [-0.4, -0.2) is 43.1 Å². The van der Waals surface area contributed by atoms with Crippen molar-refractivity contribution in [1.82, 2.24) is 4.90 Å². The Labute approximate surface area is 117 Å². The summed E-state index contributed by atoms with van der Waals surface area (Å²) >= 11 is 4.08. The summed E-state index contributed by atoms with van der Waals surface area (Å²) < 4.78 is 42.3. The number of halogens is 3. The monoisotopic (exact) mass is 293 g/mol. The first-order valence-corrected chi connectivity index (χ1v) is 6.55. The van der Waals surface area contributed by atoms with E-state index in [2.05, 4.69) is 12.6 Å². The summed E-state index contributed by atoms with van der Waals surface area (Å²) in [5, 5.41) is 0. The number of alkyl halides is 3. The largest absolute Gasteiger partial charge is 0.401 e. The zero-order chi connectivity index (χ0) is 14.3. The molecular formula is C13H18F3NOS. The molecule has 0 bridgehead atoms. The molecule has 0 heterocycles. The van der Waals surface area contributed by atoms with Gasteiger partial charge in [-0.25, -0.2) is 0 Å². The molecule has 108 valence electrons. The third-order valence-electron chi connectivity index (χ3n) is 2.68. The Balaban J connectivity index is 2.36. The van der Waals surface area contributed by atoms with E-state index < -0.39 is 12.7 Å². The van der Waals surface area contributed by atoms with Gasteiger partial charge in [0.05, 0.1) is 19.8 Å². The van der Waals surface area contributed by atoms with Crippen molar-refractivity contribution in [3.8, 4) is 0 Å². The lowest BCUT2D eigenvalue weighted by molar-refractivity contribution is -0.148. The zero-order valence-electron chi connectivity index (χ0n) is 10.7. The molecule has 1 rings (SSSR count).